The molecule has 0 spiro atoms. The molecule has 0 saturated heterocycles. The van der Waals surface area contributed by atoms with Crippen LogP contribution in [0.25, 0.3) is 22.2 Å². The average Bonchev–Trinajstić information content (AvgIpc) is 3.36. The second-order valence-corrected chi connectivity index (χ2v) is 7.63. The van der Waals surface area contributed by atoms with Crippen LogP contribution < -0.4 is 5.32 Å². The Morgan fingerprint density at radius 1 is 1.13 bits per heavy atom. The smallest absolute Gasteiger partial charge is 0.341 e. The number of aliphatic hydroxyl groups is 1. The van der Waals surface area contributed by atoms with Crippen molar-refractivity contribution in [2.24, 2.45) is 0 Å². The molecule has 0 unspecified atom stereocenters. The molecule has 0 saturated carbocycles. The number of hydrogen-bond acceptors (Lipinski definition) is 6. The summed E-state index contributed by atoms with van der Waals surface area (Å²) in [6.45, 7) is 1.65. The lowest BCUT2D eigenvalue weighted by Crippen LogP contribution is -2.21. The molecule has 4 aromatic rings. The predicted molar refractivity (Wildman–Crippen MR) is 120 cm³/mol. The number of imidazole rings is 1. The summed E-state index contributed by atoms with van der Waals surface area (Å²) in [6.07, 6.45) is 0. The van der Waals surface area contributed by atoms with Gasteiger partial charge in [0.2, 0.25) is 5.91 Å². The summed E-state index contributed by atoms with van der Waals surface area (Å²) in [5.41, 5.74) is 3.37. The van der Waals surface area contributed by atoms with Crippen molar-refractivity contribution in [3.63, 3.8) is 0 Å². The fourth-order valence-electron chi connectivity index (χ4n) is 3.42. The van der Waals surface area contributed by atoms with Crippen LogP contribution in [-0.2, 0) is 22.7 Å². The van der Waals surface area contributed by atoms with E-state index in [1.807, 2.05) is 60.0 Å². The molecule has 0 bridgehead atoms. The van der Waals surface area contributed by atoms with Gasteiger partial charge in [0.15, 0.2) is 0 Å². The molecule has 31 heavy (non-hydrogen) atoms. The monoisotopic (exact) mass is 435 g/mol. The molecule has 2 aromatic carbocycles. The van der Waals surface area contributed by atoms with Gasteiger partial charge in [-0.25, -0.2) is 9.78 Å². The van der Waals surface area contributed by atoms with Crippen molar-refractivity contribution in [2.45, 2.75) is 20.1 Å². The highest BCUT2D eigenvalue weighted by molar-refractivity contribution is 7.15. The van der Waals surface area contributed by atoms with E-state index in [4.69, 9.17) is 4.74 Å². The lowest BCUT2D eigenvalue weighted by atomic mass is 10.0. The normalized spacial score (nSPS) is 10.9. The number of aromatic nitrogens is 2. The Morgan fingerprint density at radius 3 is 2.61 bits per heavy atom. The van der Waals surface area contributed by atoms with E-state index in [0.717, 1.165) is 11.1 Å². The standard InChI is InChI=1S/C23H21N3O4S/c1-2-30-23(29)21-16(15-8-4-3-5-9-15)14-31-22(21)25-20(28)12-26-18-11-7-6-10-17(18)24-19(26)13-27/h3-11,14,27H,2,12-13H2,1H3,(H,25,28). The van der Waals surface area contributed by atoms with Crippen LogP contribution >= 0.6 is 11.3 Å². The molecule has 1 amide bonds. The molecule has 0 radical (unpaired) electrons. The number of para-hydroxylation sites is 2. The number of aliphatic hydroxyl groups excluding tert-OH is 1. The van der Waals surface area contributed by atoms with E-state index in [1.54, 1.807) is 11.5 Å². The van der Waals surface area contributed by atoms with Crippen molar-refractivity contribution in [3.05, 3.63) is 71.4 Å². The van der Waals surface area contributed by atoms with E-state index >= 15 is 0 Å². The Balaban J connectivity index is 1.64. The first-order valence-corrected chi connectivity index (χ1v) is 10.7. The van der Waals surface area contributed by atoms with Crippen LogP contribution in [0, 0.1) is 0 Å². The molecule has 2 heterocycles. The second kappa shape index (κ2) is 9.11. The summed E-state index contributed by atoms with van der Waals surface area (Å²) in [5, 5.41) is 14.8. The Hall–Kier alpha value is -3.49. The number of rotatable bonds is 7. The Bertz CT molecular complexity index is 1230. The second-order valence-electron chi connectivity index (χ2n) is 6.75. The largest absolute Gasteiger partial charge is 0.462 e. The van der Waals surface area contributed by atoms with Crippen LogP contribution in [0.3, 0.4) is 0 Å². The molecule has 0 aliphatic carbocycles. The maximum absolute atomic E-state index is 12.9. The molecule has 158 valence electrons. The highest BCUT2D eigenvalue weighted by Crippen LogP contribution is 2.36. The molecule has 2 aromatic heterocycles. The number of esters is 1. The van der Waals surface area contributed by atoms with Gasteiger partial charge < -0.3 is 19.7 Å². The maximum Gasteiger partial charge on any atom is 0.341 e. The minimum atomic E-state index is -0.484. The third kappa shape index (κ3) is 4.21. The summed E-state index contributed by atoms with van der Waals surface area (Å²) >= 11 is 1.27. The number of carbonyl (C=O) groups is 2. The van der Waals surface area contributed by atoms with Crippen LogP contribution in [-0.4, -0.2) is 33.1 Å². The van der Waals surface area contributed by atoms with Gasteiger partial charge in [-0.05, 0) is 24.6 Å². The molecule has 8 heteroatoms. The van der Waals surface area contributed by atoms with Crippen molar-refractivity contribution < 1.29 is 19.4 Å². The van der Waals surface area contributed by atoms with E-state index in [-0.39, 0.29) is 25.7 Å². The number of fused-ring (bicyclic) bond motifs is 1. The summed E-state index contributed by atoms with van der Waals surface area (Å²) in [4.78, 5) is 29.9. The van der Waals surface area contributed by atoms with Gasteiger partial charge in [-0.2, -0.15) is 0 Å². The van der Waals surface area contributed by atoms with Gasteiger partial charge in [-0.1, -0.05) is 42.5 Å². The lowest BCUT2D eigenvalue weighted by molar-refractivity contribution is -0.116. The number of benzene rings is 2. The van der Waals surface area contributed by atoms with Crippen LogP contribution in [0.1, 0.15) is 23.1 Å². The zero-order chi connectivity index (χ0) is 21.8. The van der Waals surface area contributed by atoms with Crippen molar-refractivity contribution in [1.29, 1.82) is 0 Å². The number of carbonyl (C=O) groups excluding carboxylic acids is 2. The zero-order valence-corrected chi connectivity index (χ0v) is 17.7. The molecule has 7 nitrogen and oxygen atoms in total. The maximum atomic E-state index is 12.9. The minimum absolute atomic E-state index is 0.0444. The molecule has 0 atom stereocenters. The first-order valence-electron chi connectivity index (χ1n) is 9.81. The molecule has 0 aliphatic rings. The number of ether oxygens (including phenoxy) is 1. The third-order valence-corrected chi connectivity index (χ3v) is 5.68. The van der Waals surface area contributed by atoms with E-state index < -0.39 is 5.97 Å². The van der Waals surface area contributed by atoms with Crippen molar-refractivity contribution >= 4 is 39.2 Å². The molecular weight excluding hydrogens is 414 g/mol. The fourth-order valence-corrected chi connectivity index (χ4v) is 4.39. The van der Waals surface area contributed by atoms with Crippen LogP contribution in [0.4, 0.5) is 5.00 Å². The van der Waals surface area contributed by atoms with E-state index in [2.05, 4.69) is 10.3 Å². The number of nitrogens with one attached hydrogen (secondary N) is 1. The zero-order valence-electron chi connectivity index (χ0n) is 16.9. The van der Waals surface area contributed by atoms with Crippen molar-refractivity contribution in [3.8, 4) is 11.1 Å². The minimum Gasteiger partial charge on any atom is -0.462 e. The van der Waals surface area contributed by atoms with Gasteiger partial charge in [0, 0.05) is 10.9 Å². The summed E-state index contributed by atoms with van der Waals surface area (Å²) in [6, 6.07) is 16.9. The van der Waals surface area contributed by atoms with E-state index in [1.165, 1.54) is 11.3 Å². The predicted octanol–water partition coefficient (Wildman–Crippen LogP) is 4.07. The molecule has 0 aliphatic heterocycles. The quantitative estimate of drug-likeness (QED) is 0.427. The van der Waals surface area contributed by atoms with Gasteiger partial charge in [-0.3, -0.25) is 4.79 Å². The molecule has 0 fully saturated rings. The summed E-state index contributed by atoms with van der Waals surface area (Å²) in [5.74, 6) is -0.412. The average molecular weight is 436 g/mol. The molecular formula is C23H21N3O4S. The topological polar surface area (TPSA) is 93.5 Å². The Labute approximate surface area is 182 Å². The summed E-state index contributed by atoms with van der Waals surface area (Å²) < 4.78 is 6.91. The molecule has 4 rings (SSSR count). The number of hydrogen-bond donors (Lipinski definition) is 2. The number of nitrogens with zero attached hydrogens (tertiary/aromatic N) is 2. The van der Waals surface area contributed by atoms with Gasteiger partial charge >= 0.3 is 5.97 Å². The van der Waals surface area contributed by atoms with Gasteiger partial charge in [-0.15, -0.1) is 11.3 Å². The van der Waals surface area contributed by atoms with Crippen molar-refractivity contribution in [1.82, 2.24) is 9.55 Å². The number of thiophene rings is 1. The highest BCUT2D eigenvalue weighted by Gasteiger charge is 2.23. The Kier molecular flexibility index (Phi) is 6.11. The van der Waals surface area contributed by atoms with Gasteiger partial charge in [0.05, 0.1) is 17.6 Å². The first kappa shape index (κ1) is 20.8. The summed E-state index contributed by atoms with van der Waals surface area (Å²) in [7, 11) is 0. The van der Waals surface area contributed by atoms with E-state index in [9.17, 15) is 14.7 Å². The van der Waals surface area contributed by atoms with Crippen LogP contribution in [0.2, 0.25) is 0 Å². The van der Waals surface area contributed by atoms with E-state index in [0.29, 0.717) is 27.5 Å². The van der Waals surface area contributed by atoms with Crippen molar-refractivity contribution in [2.75, 3.05) is 11.9 Å². The van der Waals surface area contributed by atoms with Crippen LogP contribution in [0.15, 0.2) is 60.0 Å². The molecule has 2 N–H and O–H groups in total. The lowest BCUT2D eigenvalue weighted by Gasteiger charge is -2.10. The highest BCUT2D eigenvalue weighted by atomic mass is 32.1. The van der Waals surface area contributed by atoms with Gasteiger partial charge in [0.1, 0.15) is 29.5 Å². The SMILES string of the molecule is CCOC(=O)c1c(-c2ccccc2)csc1NC(=O)Cn1c(CO)nc2ccccc21. The van der Waals surface area contributed by atoms with Gasteiger partial charge in [0.25, 0.3) is 0 Å². The Morgan fingerprint density at radius 2 is 1.87 bits per heavy atom. The first-order chi connectivity index (χ1) is 15.1. The fraction of sp³-hybridized carbons (Fsp3) is 0.174. The number of anilines is 1. The third-order valence-electron chi connectivity index (χ3n) is 4.79. The number of amides is 1. The van der Waals surface area contributed by atoms with Crippen LogP contribution in [0.5, 0.6) is 0 Å².